The number of anilines is 1. The highest BCUT2D eigenvalue weighted by molar-refractivity contribution is 7.89. The van der Waals surface area contributed by atoms with Gasteiger partial charge in [0.2, 0.25) is 10.0 Å². The van der Waals surface area contributed by atoms with Crippen LogP contribution in [0.5, 0.6) is 0 Å². The zero-order chi connectivity index (χ0) is 22.0. The van der Waals surface area contributed by atoms with Gasteiger partial charge in [-0.2, -0.15) is 0 Å². The molecule has 3 aromatic carbocycles. The fourth-order valence-corrected chi connectivity index (χ4v) is 5.43. The lowest BCUT2D eigenvalue weighted by Gasteiger charge is -2.23. The molecule has 0 aliphatic carbocycles. The van der Waals surface area contributed by atoms with Gasteiger partial charge in [-0.15, -0.1) is 0 Å². The Balaban J connectivity index is 1.57. The van der Waals surface area contributed by atoms with E-state index in [-0.39, 0.29) is 18.5 Å². The van der Waals surface area contributed by atoms with Crippen molar-refractivity contribution in [3.63, 3.8) is 0 Å². The smallest absolute Gasteiger partial charge is 0.258 e. The van der Waals surface area contributed by atoms with Gasteiger partial charge in [-0.25, -0.2) is 13.1 Å². The number of nitrogens with zero attached hydrogens (tertiary/aromatic N) is 1. The molecule has 6 heteroatoms. The first kappa shape index (κ1) is 21.3. The minimum atomic E-state index is -3.63. The van der Waals surface area contributed by atoms with Gasteiger partial charge in [-0.3, -0.25) is 4.79 Å². The minimum absolute atomic E-state index is 0.0403. The Bertz CT molecular complexity index is 1210. The zero-order valence-corrected chi connectivity index (χ0v) is 18.5. The monoisotopic (exact) mass is 434 g/mol. The number of hydrogen-bond donors (Lipinski definition) is 1. The number of rotatable bonds is 6. The number of carbonyl (C=O) groups is 1. The van der Waals surface area contributed by atoms with Crippen LogP contribution in [0.4, 0.5) is 5.69 Å². The number of aryl methyl sites for hydroxylation is 1. The van der Waals surface area contributed by atoms with Crippen molar-refractivity contribution in [3.05, 3.63) is 95.1 Å². The van der Waals surface area contributed by atoms with Gasteiger partial charge < -0.3 is 4.90 Å². The second-order valence-electron chi connectivity index (χ2n) is 7.84. The van der Waals surface area contributed by atoms with Crippen LogP contribution >= 0.6 is 0 Å². The quantitative estimate of drug-likeness (QED) is 0.628. The summed E-state index contributed by atoms with van der Waals surface area (Å²) in [4.78, 5) is 15.2. The second-order valence-corrected chi connectivity index (χ2v) is 9.58. The van der Waals surface area contributed by atoms with E-state index in [1.807, 2.05) is 79.4 Å². The first-order valence-electron chi connectivity index (χ1n) is 10.5. The van der Waals surface area contributed by atoms with E-state index in [0.717, 1.165) is 28.8 Å². The fraction of sp³-hybridized carbons (Fsp3) is 0.240. The molecule has 3 aromatic rings. The number of benzene rings is 3. The molecule has 1 N–H and O–H groups in total. The summed E-state index contributed by atoms with van der Waals surface area (Å²) in [5.74, 6) is -0.0403. The predicted molar refractivity (Wildman–Crippen MR) is 123 cm³/mol. The van der Waals surface area contributed by atoms with E-state index in [4.69, 9.17) is 0 Å². The van der Waals surface area contributed by atoms with Crippen molar-refractivity contribution >= 4 is 21.6 Å². The Morgan fingerprint density at radius 2 is 1.74 bits per heavy atom. The van der Waals surface area contributed by atoms with Crippen molar-refractivity contribution in [2.24, 2.45) is 0 Å². The van der Waals surface area contributed by atoms with E-state index in [1.165, 1.54) is 0 Å². The normalized spacial score (nSPS) is 15.7. The van der Waals surface area contributed by atoms with Gasteiger partial charge >= 0.3 is 0 Å². The molecule has 31 heavy (non-hydrogen) atoms. The van der Waals surface area contributed by atoms with Crippen LogP contribution in [0.15, 0.2) is 77.7 Å². The Hall–Kier alpha value is -2.96. The molecule has 160 valence electrons. The largest absolute Gasteiger partial charge is 0.305 e. The summed E-state index contributed by atoms with van der Waals surface area (Å²) in [6, 6.07) is 22.2. The van der Waals surface area contributed by atoms with Crippen LogP contribution in [0.25, 0.3) is 0 Å². The molecule has 1 aliphatic heterocycles. The lowest BCUT2D eigenvalue weighted by atomic mass is 10.1. The highest BCUT2D eigenvalue weighted by Gasteiger charge is 2.31. The predicted octanol–water partition coefficient (Wildman–Crippen LogP) is 4.32. The fourth-order valence-electron chi connectivity index (χ4n) is 4.11. The molecule has 1 unspecified atom stereocenters. The van der Waals surface area contributed by atoms with Crippen molar-refractivity contribution in [1.29, 1.82) is 0 Å². The Morgan fingerprint density at radius 3 is 2.48 bits per heavy atom. The van der Waals surface area contributed by atoms with Crippen molar-refractivity contribution in [2.75, 3.05) is 4.90 Å². The molecule has 0 radical (unpaired) electrons. The average Bonchev–Trinajstić information content (AvgIpc) is 3.12. The molecule has 0 fully saturated rings. The summed E-state index contributed by atoms with van der Waals surface area (Å²) in [6.07, 6.45) is 1.42. The lowest BCUT2D eigenvalue weighted by molar-refractivity contribution is 0.0981. The zero-order valence-electron chi connectivity index (χ0n) is 17.7. The molecule has 0 saturated carbocycles. The molecule has 0 spiro atoms. The van der Waals surface area contributed by atoms with Crippen LogP contribution in [0.2, 0.25) is 0 Å². The first-order valence-corrected chi connectivity index (χ1v) is 12.0. The summed E-state index contributed by atoms with van der Waals surface area (Å²) in [5, 5.41) is 0. The molecular weight excluding hydrogens is 408 g/mol. The second kappa shape index (κ2) is 8.65. The minimum Gasteiger partial charge on any atom is -0.305 e. The average molecular weight is 435 g/mol. The maximum Gasteiger partial charge on any atom is 0.258 e. The maximum absolute atomic E-state index is 13.1. The molecule has 1 aliphatic rings. The van der Waals surface area contributed by atoms with Crippen molar-refractivity contribution in [2.45, 2.75) is 44.2 Å². The molecule has 1 amide bonds. The SMILES string of the molecule is CCc1ccccc1S(=O)(=O)NCc1ccc2c(c1)N(C(=O)c1ccccc1)C(C)C2. The summed E-state index contributed by atoms with van der Waals surface area (Å²) in [5.41, 5.74) is 4.20. The van der Waals surface area contributed by atoms with Crippen LogP contribution in [0.3, 0.4) is 0 Å². The number of amides is 1. The number of nitrogens with one attached hydrogen (secondary N) is 1. The summed E-state index contributed by atoms with van der Waals surface area (Å²) < 4.78 is 28.4. The van der Waals surface area contributed by atoms with E-state index in [2.05, 4.69) is 4.72 Å². The molecule has 1 heterocycles. The maximum atomic E-state index is 13.1. The first-order chi connectivity index (χ1) is 14.9. The van der Waals surface area contributed by atoms with Gasteiger partial charge in [0.1, 0.15) is 0 Å². The van der Waals surface area contributed by atoms with Gasteiger partial charge in [0, 0.05) is 23.8 Å². The van der Waals surface area contributed by atoms with Crippen LogP contribution in [-0.2, 0) is 29.4 Å². The molecular formula is C25H26N2O3S. The summed E-state index contributed by atoms with van der Waals surface area (Å²) in [7, 11) is -3.63. The number of carbonyl (C=O) groups excluding carboxylic acids is 1. The van der Waals surface area contributed by atoms with Crippen LogP contribution < -0.4 is 9.62 Å². The summed E-state index contributed by atoms with van der Waals surface area (Å²) in [6.45, 7) is 4.13. The molecule has 1 atom stereocenters. The number of hydrogen-bond acceptors (Lipinski definition) is 3. The van der Waals surface area contributed by atoms with E-state index in [9.17, 15) is 13.2 Å². The molecule has 0 aromatic heterocycles. The Morgan fingerprint density at radius 1 is 1.03 bits per heavy atom. The third kappa shape index (κ3) is 4.27. The van der Waals surface area contributed by atoms with Crippen molar-refractivity contribution in [1.82, 2.24) is 4.72 Å². The van der Waals surface area contributed by atoms with E-state index in [1.54, 1.807) is 12.1 Å². The topological polar surface area (TPSA) is 66.5 Å². The van der Waals surface area contributed by atoms with Gasteiger partial charge in [0.25, 0.3) is 5.91 Å². The molecule has 0 bridgehead atoms. The third-order valence-corrected chi connectivity index (χ3v) is 7.22. The molecule has 0 saturated heterocycles. The van der Waals surface area contributed by atoms with Crippen molar-refractivity contribution < 1.29 is 13.2 Å². The Labute approximate surface area is 183 Å². The van der Waals surface area contributed by atoms with Gasteiger partial charge in [0.05, 0.1) is 4.90 Å². The lowest BCUT2D eigenvalue weighted by Crippen LogP contribution is -2.35. The van der Waals surface area contributed by atoms with E-state index < -0.39 is 10.0 Å². The van der Waals surface area contributed by atoms with Crippen LogP contribution in [0, 0.1) is 0 Å². The van der Waals surface area contributed by atoms with E-state index >= 15 is 0 Å². The van der Waals surface area contributed by atoms with Gasteiger partial charge in [-0.05, 0) is 60.7 Å². The van der Waals surface area contributed by atoms with Gasteiger partial charge in [0.15, 0.2) is 0 Å². The number of sulfonamides is 1. The highest BCUT2D eigenvalue weighted by atomic mass is 32.2. The van der Waals surface area contributed by atoms with Gasteiger partial charge in [-0.1, -0.05) is 55.5 Å². The third-order valence-electron chi connectivity index (χ3n) is 5.71. The Kier molecular flexibility index (Phi) is 5.94. The van der Waals surface area contributed by atoms with E-state index in [0.29, 0.717) is 16.9 Å². The van der Waals surface area contributed by atoms with Crippen molar-refractivity contribution in [3.8, 4) is 0 Å². The highest BCUT2D eigenvalue weighted by Crippen LogP contribution is 2.34. The standard InChI is InChI=1S/C25H26N2O3S/c1-3-20-9-7-8-12-24(20)31(29,30)26-17-19-13-14-22-15-18(2)27(23(22)16-19)25(28)21-10-5-4-6-11-21/h4-14,16,18,26H,3,15,17H2,1-2H3. The summed E-state index contributed by atoms with van der Waals surface area (Å²) >= 11 is 0. The molecule has 5 nitrogen and oxygen atoms in total. The van der Waals surface area contributed by atoms with Crippen LogP contribution in [0.1, 0.15) is 40.9 Å². The molecule has 4 rings (SSSR count). The number of fused-ring (bicyclic) bond motifs is 1. The van der Waals surface area contributed by atoms with Crippen LogP contribution in [-0.4, -0.2) is 20.4 Å².